The van der Waals surface area contributed by atoms with Crippen LogP contribution in [0.25, 0.3) is 11.3 Å². The summed E-state index contributed by atoms with van der Waals surface area (Å²) in [4.78, 5) is 0. The summed E-state index contributed by atoms with van der Waals surface area (Å²) in [6.07, 6.45) is 0. The van der Waals surface area contributed by atoms with E-state index in [1.807, 2.05) is 12.1 Å². The summed E-state index contributed by atoms with van der Waals surface area (Å²) in [5.41, 5.74) is 8.98. The van der Waals surface area contributed by atoms with Crippen LogP contribution >= 0.6 is 0 Å². The molecule has 7 nitrogen and oxygen atoms in total. The Bertz CT molecular complexity index is 1160. The number of nitrogens with zero attached hydrogens (tertiary/aromatic N) is 2. The maximum Gasteiger partial charge on any atom is 0.244 e. The molecule has 28 heavy (non-hydrogen) atoms. The van der Waals surface area contributed by atoms with Gasteiger partial charge >= 0.3 is 0 Å². The topological polar surface area (TPSA) is 106 Å². The molecule has 5 rings (SSSR count). The molecule has 2 aliphatic rings. The molecular weight excluding hydrogens is 363 g/mol. The van der Waals surface area contributed by atoms with Gasteiger partial charge in [-0.3, -0.25) is 5.10 Å². The molecule has 0 radical (unpaired) electrons. The molecule has 0 spiro atoms. The number of hydrogen-bond donors (Lipinski definition) is 2. The normalized spacial score (nSPS) is 17.1. The summed E-state index contributed by atoms with van der Waals surface area (Å²) in [6, 6.07) is 13.5. The number of hydrogen-bond acceptors (Lipinski definition) is 6. The first-order valence-corrected chi connectivity index (χ1v) is 8.47. The van der Waals surface area contributed by atoms with E-state index in [9.17, 15) is 9.65 Å². The first kappa shape index (κ1) is 16.2. The van der Waals surface area contributed by atoms with Crippen LogP contribution in [0.4, 0.5) is 4.39 Å². The van der Waals surface area contributed by atoms with Crippen molar-refractivity contribution in [3.8, 4) is 34.7 Å². The molecule has 0 aliphatic carbocycles. The standard InChI is InChI=1S/C20H13FN4O3/c21-12-4-1-10(2-5-12)16-13(8-22)19(23)28-20-17(16)18(24-25-20)11-3-6-14-15(7-11)27-9-26-14/h1-7,16H,9,23H2,(H,24,25)/t16-/m1/s1. The van der Waals surface area contributed by atoms with Gasteiger partial charge in [-0.2, -0.15) is 5.26 Å². The van der Waals surface area contributed by atoms with Crippen LogP contribution in [0.2, 0.25) is 0 Å². The van der Waals surface area contributed by atoms with E-state index >= 15 is 0 Å². The molecule has 1 atom stereocenters. The van der Waals surface area contributed by atoms with Gasteiger partial charge in [0.15, 0.2) is 11.5 Å². The second kappa shape index (κ2) is 6.03. The molecule has 0 fully saturated rings. The van der Waals surface area contributed by atoms with Crippen LogP contribution in [0, 0.1) is 17.1 Å². The predicted octanol–water partition coefficient (Wildman–Crippen LogP) is 3.16. The molecule has 0 bridgehead atoms. The molecule has 1 aromatic heterocycles. The van der Waals surface area contributed by atoms with Crippen molar-refractivity contribution >= 4 is 0 Å². The maximum absolute atomic E-state index is 13.4. The number of nitrogens with one attached hydrogen (secondary N) is 1. The van der Waals surface area contributed by atoms with Crippen LogP contribution in [0.15, 0.2) is 53.9 Å². The zero-order valence-corrected chi connectivity index (χ0v) is 14.4. The highest BCUT2D eigenvalue weighted by Gasteiger charge is 2.35. The number of rotatable bonds is 2. The van der Waals surface area contributed by atoms with Gasteiger partial charge in [0, 0.05) is 5.56 Å². The fraction of sp³-hybridized carbons (Fsp3) is 0.100. The first-order valence-electron chi connectivity index (χ1n) is 8.47. The van der Waals surface area contributed by atoms with Crippen molar-refractivity contribution in [3.63, 3.8) is 0 Å². The molecule has 138 valence electrons. The molecule has 2 aliphatic heterocycles. The van der Waals surface area contributed by atoms with Gasteiger partial charge in [-0.25, -0.2) is 4.39 Å². The van der Waals surface area contributed by atoms with Crippen LogP contribution in [0.1, 0.15) is 17.0 Å². The second-order valence-electron chi connectivity index (χ2n) is 6.36. The summed E-state index contributed by atoms with van der Waals surface area (Å²) in [7, 11) is 0. The Hall–Kier alpha value is -3.99. The van der Waals surface area contributed by atoms with Crippen molar-refractivity contribution in [1.29, 1.82) is 5.26 Å². The summed E-state index contributed by atoms with van der Waals surface area (Å²) in [5.74, 6) is 0.617. The molecule has 3 heterocycles. The van der Waals surface area contributed by atoms with Crippen LogP contribution in [-0.2, 0) is 0 Å². The second-order valence-corrected chi connectivity index (χ2v) is 6.36. The lowest BCUT2D eigenvalue weighted by Gasteiger charge is -2.24. The van der Waals surface area contributed by atoms with Crippen molar-refractivity contribution in [1.82, 2.24) is 10.2 Å². The van der Waals surface area contributed by atoms with Gasteiger partial charge in [-0.05, 0) is 35.9 Å². The zero-order valence-electron chi connectivity index (χ0n) is 14.4. The van der Waals surface area contributed by atoms with Crippen molar-refractivity contribution < 1.29 is 18.6 Å². The van der Waals surface area contributed by atoms with E-state index in [-0.39, 0.29) is 29.9 Å². The number of aromatic amines is 1. The maximum atomic E-state index is 13.4. The number of benzene rings is 2. The minimum atomic E-state index is -0.548. The summed E-state index contributed by atoms with van der Waals surface area (Å²) < 4.78 is 29.8. The molecule has 3 N–H and O–H groups in total. The lowest BCUT2D eigenvalue weighted by Crippen LogP contribution is -2.21. The average Bonchev–Trinajstić information content (AvgIpc) is 3.33. The van der Waals surface area contributed by atoms with E-state index in [1.54, 1.807) is 18.2 Å². The number of nitriles is 1. The summed E-state index contributed by atoms with van der Waals surface area (Å²) >= 11 is 0. The highest BCUT2D eigenvalue weighted by atomic mass is 19.1. The van der Waals surface area contributed by atoms with Crippen molar-refractivity contribution in [2.24, 2.45) is 5.73 Å². The molecule has 8 heteroatoms. The lowest BCUT2D eigenvalue weighted by atomic mass is 9.83. The van der Waals surface area contributed by atoms with Crippen LogP contribution in [0.5, 0.6) is 17.4 Å². The lowest BCUT2D eigenvalue weighted by molar-refractivity contribution is 0.174. The molecule has 0 saturated heterocycles. The molecule has 2 aromatic carbocycles. The Morgan fingerprint density at radius 3 is 2.71 bits per heavy atom. The minimum absolute atomic E-state index is 0.0203. The smallest absolute Gasteiger partial charge is 0.244 e. The fourth-order valence-electron chi connectivity index (χ4n) is 3.51. The van der Waals surface area contributed by atoms with Gasteiger partial charge in [0.2, 0.25) is 18.6 Å². The average molecular weight is 376 g/mol. The van der Waals surface area contributed by atoms with Gasteiger partial charge < -0.3 is 19.9 Å². The molecule has 3 aromatic rings. The first-order chi connectivity index (χ1) is 13.7. The molecule has 0 amide bonds. The van der Waals surface area contributed by atoms with Gasteiger partial charge in [0.25, 0.3) is 0 Å². The van der Waals surface area contributed by atoms with E-state index in [4.69, 9.17) is 19.9 Å². The quantitative estimate of drug-likeness (QED) is 0.712. The fourth-order valence-corrected chi connectivity index (χ4v) is 3.51. The Morgan fingerprint density at radius 2 is 1.93 bits per heavy atom. The van der Waals surface area contributed by atoms with Crippen molar-refractivity contribution in [2.75, 3.05) is 6.79 Å². The number of H-pyrrole nitrogens is 1. The van der Waals surface area contributed by atoms with Crippen LogP contribution in [0.3, 0.4) is 0 Å². The number of aromatic nitrogens is 2. The van der Waals surface area contributed by atoms with Crippen molar-refractivity contribution in [2.45, 2.75) is 5.92 Å². The Morgan fingerprint density at radius 1 is 1.14 bits per heavy atom. The van der Waals surface area contributed by atoms with Gasteiger partial charge in [0.05, 0.1) is 17.2 Å². The van der Waals surface area contributed by atoms with E-state index < -0.39 is 5.92 Å². The third kappa shape index (κ3) is 2.37. The monoisotopic (exact) mass is 376 g/mol. The van der Waals surface area contributed by atoms with Crippen molar-refractivity contribution in [3.05, 3.63) is 70.9 Å². The highest BCUT2D eigenvalue weighted by molar-refractivity contribution is 5.73. The molecule has 0 saturated carbocycles. The largest absolute Gasteiger partial charge is 0.454 e. The summed E-state index contributed by atoms with van der Waals surface area (Å²) in [5, 5.41) is 16.9. The van der Waals surface area contributed by atoms with Gasteiger partial charge in [-0.1, -0.05) is 12.1 Å². The number of allylic oxidation sites excluding steroid dienone is 1. The number of halogens is 1. The minimum Gasteiger partial charge on any atom is -0.454 e. The SMILES string of the molecule is N#CC1=C(N)Oc2n[nH]c(-c3ccc4c(c3)OCO4)c2[C@@H]1c1ccc(F)cc1. The van der Waals surface area contributed by atoms with E-state index in [0.717, 1.165) is 5.56 Å². The van der Waals surface area contributed by atoms with E-state index in [1.165, 1.54) is 12.1 Å². The molecule has 0 unspecified atom stereocenters. The van der Waals surface area contributed by atoms with Gasteiger partial charge in [-0.15, -0.1) is 5.10 Å². The Balaban J connectivity index is 1.70. The molecular formula is C20H13FN4O3. The van der Waals surface area contributed by atoms with Gasteiger partial charge in [0.1, 0.15) is 17.5 Å². The van der Waals surface area contributed by atoms with E-state index in [0.29, 0.717) is 28.3 Å². The Kier molecular flexibility index (Phi) is 3.49. The van der Waals surface area contributed by atoms with Crippen LogP contribution < -0.4 is 19.9 Å². The number of fused-ring (bicyclic) bond motifs is 2. The number of ether oxygens (including phenoxy) is 3. The van der Waals surface area contributed by atoms with E-state index in [2.05, 4.69) is 16.3 Å². The summed E-state index contributed by atoms with van der Waals surface area (Å²) in [6.45, 7) is 0.166. The third-order valence-corrected chi connectivity index (χ3v) is 4.80. The predicted molar refractivity (Wildman–Crippen MR) is 95.8 cm³/mol. The third-order valence-electron chi connectivity index (χ3n) is 4.80. The van der Waals surface area contributed by atoms with Crippen LogP contribution in [-0.4, -0.2) is 17.0 Å². The highest BCUT2D eigenvalue weighted by Crippen LogP contribution is 2.46. The zero-order chi connectivity index (χ0) is 19.3. The Labute approximate surface area is 158 Å². The number of nitrogens with two attached hydrogens (primary N) is 1.